The Balaban J connectivity index is 1.39. The minimum atomic E-state index is 0.0840. The number of likely N-dealkylation sites (tertiary alicyclic amines) is 1. The third-order valence-electron chi connectivity index (χ3n) is 6.20. The highest BCUT2D eigenvalue weighted by molar-refractivity contribution is 5.56. The van der Waals surface area contributed by atoms with Crippen LogP contribution in [0, 0.1) is 5.92 Å². The number of pyridine rings is 1. The second-order valence-electron chi connectivity index (χ2n) is 8.05. The molecule has 1 unspecified atom stereocenters. The van der Waals surface area contributed by atoms with Gasteiger partial charge in [-0.2, -0.15) is 0 Å². The van der Waals surface area contributed by atoms with E-state index < -0.39 is 0 Å². The Kier molecular flexibility index (Phi) is 4.32. The van der Waals surface area contributed by atoms with Crippen LogP contribution in [0.25, 0.3) is 11.3 Å². The first-order valence-electron chi connectivity index (χ1n) is 9.95. The minimum absolute atomic E-state index is 0.0840. The van der Waals surface area contributed by atoms with E-state index in [0.29, 0.717) is 23.2 Å². The molecule has 1 saturated heterocycles. The molecule has 0 saturated carbocycles. The maximum absolute atomic E-state index is 13.1. The Labute approximate surface area is 164 Å². The van der Waals surface area contributed by atoms with E-state index in [9.17, 15) is 4.79 Å². The number of rotatable bonds is 4. The highest BCUT2D eigenvalue weighted by Crippen LogP contribution is 2.31. The number of ether oxygens (including phenoxy) is 1. The van der Waals surface area contributed by atoms with Gasteiger partial charge >= 0.3 is 0 Å². The van der Waals surface area contributed by atoms with Crippen LogP contribution < -0.4 is 15.2 Å². The number of hydrogen-bond donors (Lipinski definition) is 1. The molecule has 3 atom stereocenters. The van der Waals surface area contributed by atoms with Crippen LogP contribution in [0.15, 0.2) is 64.0 Å². The maximum atomic E-state index is 13.1. The lowest BCUT2D eigenvalue weighted by Crippen LogP contribution is -3.13. The van der Waals surface area contributed by atoms with E-state index in [2.05, 4.69) is 18.2 Å². The zero-order valence-electron chi connectivity index (χ0n) is 16.1. The number of furan rings is 1. The highest BCUT2D eigenvalue weighted by Gasteiger charge is 2.37. The molecule has 0 radical (unpaired) electrons. The smallest absolute Gasteiger partial charge is 0.261 e. The molecule has 2 aliphatic rings. The van der Waals surface area contributed by atoms with Crippen molar-refractivity contribution in [2.45, 2.75) is 25.4 Å². The molecule has 1 aromatic carbocycles. The van der Waals surface area contributed by atoms with Gasteiger partial charge < -0.3 is 18.6 Å². The Bertz CT molecular complexity index is 1020. The van der Waals surface area contributed by atoms with E-state index in [4.69, 9.17) is 9.15 Å². The molecule has 2 aromatic heterocycles. The van der Waals surface area contributed by atoms with Crippen molar-refractivity contribution in [1.29, 1.82) is 0 Å². The summed E-state index contributed by atoms with van der Waals surface area (Å²) < 4.78 is 12.7. The van der Waals surface area contributed by atoms with Gasteiger partial charge in [0.2, 0.25) is 0 Å². The summed E-state index contributed by atoms with van der Waals surface area (Å²) in [6.07, 6.45) is 2.81. The first-order chi connectivity index (χ1) is 13.7. The molecule has 5 rings (SSSR count). The Hall–Kier alpha value is -2.79. The first-order valence-corrected chi connectivity index (χ1v) is 9.95. The van der Waals surface area contributed by atoms with E-state index in [-0.39, 0.29) is 5.56 Å². The SMILES string of the molecule is COc1ccc(C[NH+]2C[C@@H]3C[C@H](C2)c2ccc(-c4ccco4)c(=O)n2C3)cc1. The van der Waals surface area contributed by atoms with Gasteiger partial charge in [-0.3, -0.25) is 4.79 Å². The maximum Gasteiger partial charge on any atom is 0.261 e. The summed E-state index contributed by atoms with van der Waals surface area (Å²) in [5.74, 6) is 2.54. The van der Waals surface area contributed by atoms with Gasteiger partial charge in [0.1, 0.15) is 18.1 Å². The predicted octanol–water partition coefficient (Wildman–Crippen LogP) is 2.32. The van der Waals surface area contributed by atoms with Gasteiger partial charge in [0.15, 0.2) is 0 Å². The zero-order valence-corrected chi connectivity index (χ0v) is 16.1. The summed E-state index contributed by atoms with van der Waals surface area (Å²) in [6, 6.07) is 16.1. The number of nitrogens with zero attached hydrogens (tertiary/aromatic N) is 1. The Morgan fingerprint density at radius 3 is 2.75 bits per heavy atom. The normalized spacial score (nSPS) is 23.2. The number of quaternary nitrogens is 1. The zero-order chi connectivity index (χ0) is 19.1. The third kappa shape index (κ3) is 3.06. The molecule has 5 nitrogen and oxygen atoms in total. The van der Waals surface area contributed by atoms with Crippen molar-refractivity contribution >= 4 is 0 Å². The van der Waals surface area contributed by atoms with E-state index in [1.54, 1.807) is 18.3 Å². The van der Waals surface area contributed by atoms with Gasteiger partial charge in [0.05, 0.1) is 32.0 Å². The highest BCUT2D eigenvalue weighted by atomic mass is 16.5. The number of hydrogen-bond acceptors (Lipinski definition) is 3. The molecule has 28 heavy (non-hydrogen) atoms. The van der Waals surface area contributed by atoms with Crippen LogP contribution in [0.3, 0.4) is 0 Å². The van der Waals surface area contributed by atoms with Crippen LogP contribution in [-0.2, 0) is 13.1 Å². The number of fused-ring (bicyclic) bond motifs is 4. The number of piperidine rings is 1. The summed E-state index contributed by atoms with van der Waals surface area (Å²) in [6.45, 7) is 4.01. The van der Waals surface area contributed by atoms with Crippen molar-refractivity contribution in [3.8, 4) is 17.1 Å². The van der Waals surface area contributed by atoms with Gasteiger partial charge in [-0.1, -0.05) is 0 Å². The fourth-order valence-corrected chi connectivity index (χ4v) is 4.96. The van der Waals surface area contributed by atoms with Crippen LogP contribution in [0.1, 0.15) is 23.6 Å². The lowest BCUT2D eigenvalue weighted by atomic mass is 9.82. The van der Waals surface area contributed by atoms with Gasteiger partial charge in [-0.25, -0.2) is 0 Å². The van der Waals surface area contributed by atoms with Crippen molar-refractivity contribution in [3.05, 3.63) is 76.4 Å². The van der Waals surface area contributed by atoms with Crippen LogP contribution in [-0.4, -0.2) is 24.8 Å². The van der Waals surface area contributed by atoms with Crippen molar-refractivity contribution in [1.82, 2.24) is 4.57 Å². The first kappa shape index (κ1) is 17.3. The summed E-state index contributed by atoms with van der Waals surface area (Å²) in [4.78, 5) is 14.7. The summed E-state index contributed by atoms with van der Waals surface area (Å²) in [7, 11) is 1.70. The third-order valence-corrected chi connectivity index (χ3v) is 6.20. The Morgan fingerprint density at radius 1 is 1.14 bits per heavy atom. The largest absolute Gasteiger partial charge is 0.497 e. The van der Waals surface area contributed by atoms with E-state index in [0.717, 1.165) is 31.9 Å². The van der Waals surface area contributed by atoms with Crippen LogP contribution >= 0.6 is 0 Å². The molecule has 2 bridgehead atoms. The van der Waals surface area contributed by atoms with Gasteiger partial charge in [0.25, 0.3) is 5.56 Å². The molecule has 5 heteroatoms. The molecule has 3 aromatic rings. The Morgan fingerprint density at radius 2 is 2.00 bits per heavy atom. The molecular formula is C23H25N2O3+. The van der Waals surface area contributed by atoms with Crippen LogP contribution in [0.4, 0.5) is 0 Å². The van der Waals surface area contributed by atoms with Gasteiger partial charge in [0, 0.05) is 29.6 Å². The average molecular weight is 377 g/mol. The van der Waals surface area contributed by atoms with Gasteiger partial charge in [-0.05, 0) is 55.0 Å². The lowest BCUT2D eigenvalue weighted by Gasteiger charge is -2.40. The summed E-state index contributed by atoms with van der Waals surface area (Å²) >= 11 is 0. The standard InChI is InChI=1S/C23H24N2O3/c1-27-19-6-4-16(5-7-19)12-24-13-17-11-18(15-24)21-9-8-20(22-3-2-10-28-22)23(26)25(21)14-17/h2-10,17-18H,11-15H2,1H3/p+1/t17-,18+/m0/s1. The van der Waals surface area contributed by atoms with Crippen LogP contribution in [0.2, 0.25) is 0 Å². The van der Waals surface area contributed by atoms with Crippen molar-refractivity contribution in [2.75, 3.05) is 20.2 Å². The van der Waals surface area contributed by atoms with Crippen molar-refractivity contribution in [2.24, 2.45) is 5.92 Å². The van der Waals surface area contributed by atoms with Crippen molar-refractivity contribution in [3.63, 3.8) is 0 Å². The molecule has 2 aliphatic heterocycles. The second-order valence-corrected chi connectivity index (χ2v) is 8.05. The number of methoxy groups -OCH3 is 1. The molecule has 4 heterocycles. The van der Waals surface area contributed by atoms with E-state index in [1.807, 2.05) is 34.9 Å². The molecule has 1 N–H and O–H groups in total. The summed E-state index contributed by atoms with van der Waals surface area (Å²) in [5, 5.41) is 0. The van der Waals surface area contributed by atoms with Crippen LogP contribution in [0.5, 0.6) is 5.75 Å². The topological polar surface area (TPSA) is 48.8 Å². The molecular weight excluding hydrogens is 352 g/mol. The van der Waals surface area contributed by atoms with E-state index >= 15 is 0 Å². The molecule has 0 aliphatic carbocycles. The quantitative estimate of drug-likeness (QED) is 0.759. The molecule has 0 spiro atoms. The fourth-order valence-electron chi connectivity index (χ4n) is 4.96. The number of benzene rings is 1. The monoisotopic (exact) mass is 377 g/mol. The second kappa shape index (κ2) is 6.99. The lowest BCUT2D eigenvalue weighted by molar-refractivity contribution is -0.924. The number of aromatic nitrogens is 1. The predicted molar refractivity (Wildman–Crippen MR) is 107 cm³/mol. The van der Waals surface area contributed by atoms with Gasteiger partial charge in [-0.15, -0.1) is 0 Å². The minimum Gasteiger partial charge on any atom is -0.497 e. The summed E-state index contributed by atoms with van der Waals surface area (Å²) in [5.41, 5.74) is 3.27. The molecule has 0 amide bonds. The van der Waals surface area contributed by atoms with E-state index in [1.165, 1.54) is 17.7 Å². The molecule has 1 fully saturated rings. The van der Waals surface area contributed by atoms with Crippen molar-refractivity contribution < 1.29 is 14.1 Å². The average Bonchev–Trinajstić information content (AvgIpc) is 3.24. The molecule has 144 valence electrons. The fraction of sp³-hybridized carbons (Fsp3) is 0.348. The number of nitrogens with one attached hydrogen (secondary N) is 1.